The molecule has 0 aromatic heterocycles. The van der Waals surface area contributed by atoms with E-state index < -0.39 is 24.3 Å². The van der Waals surface area contributed by atoms with Crippen molar-refractivity contribution in [3.05, 3.63) is 29.3 Å². The second-order valence-corrected chi connectivity index (χ2v) is 7.99. The number of carbonyl (C=O) groups excluding carboxylic acids is 1. The first-order chi connectivity index (χ1) is 14.1. The molecule has 0 radical (unpaired) electrons. The van der Waals surface area contributed by atoms with Crippen LogP contribution in [0.2, 0.25) is 0 Å². The molecule has 0 bridgehead atoms. The number of piperazine rings is 1. The van der Waals surface area contributed by atoms with Crippen molar-refractivity contribution in [2.45, 2.75) is 64.5 Å². The predicted octanol–water partition coefficient (Wildman–Crippen LogP) is 5.06. The molecule has 0 spiro atoms. The summed E-state index contributed by atoms with van der Waals surface area (Å²) in [4.78, 5) is 14.0. The van der Waals surface area contributed by atoms with Gasteiger partial charge in [0.25, 0.3) is 0 Å². The minimum atomic E-state index is -0.784. The second-order valence-electron chi connectivity index (χ2n) is 7.99. The summed E-state index contributed by atoms with van der Waals surface area (Å²) >= 11 is 0. The first-order valence-electron chi connectivity index (χ1n) is 10.8. The summed E-state index contributed by atoms with van der Waals surface area (Å²) < 4.78 is 39.8. The van der Waals surface area contributed by atoms with Crippen LogP contribution in [0.1, 0.15) is 57.4 Å². The third kappa shape index (κ3) is 6.45. The van der Waals surface area contributed by atoms with E-state index >= 15 is 0 Å². The van der Waals surface area contributed by atoms with Crippen molar-refractivity contribution in [1.29, 1.82) is 0 Å². The van der Waals surface area contributed by atoms with Gasteiger partial charge >= 0.3 is 6.09 Å². The molecule has 1 aromatic rings. The number of hydrogen-bond donors (Lipinski definition) is 1. The number of hydrogen-bond acceptors (Lipinski definition) is 4. The second kappa shape index (κ2) is 12.3. The lowest BCUT2D eigenvalue weighted by Crippen LogP contribution is -2.53. The summed E-state index contributed by atoms with van der Waals surface area (Å²) in [5.41, 5.74) is -0.267. The average Bonchev–Trinajstić information content (AvgIpc) is 2.75. The molecule has 2 fully saturated rings. The fourth-order valence-corrected chi connectivity index (χ4v) is 4.21. The zero-order valence-corrected chi connectivity index (χ0v) is 18.4. The summed E-state index contributed by atoms with van der Waals surface area (Å²) in [6.45, 7) is 3.84. The molecule has 30 heavy (non-hydrogen) atoms. The van der Waals surface area contributed by atoms with Crippen LogP contribution in [0.25, 0.3) is 0 Å². The first-order valence-corrected chi connectivity index (χ1v) is 10.8. The lowest BCUT2D eigenvalue weighted by molar-refractivity contribution is 0.0697. The van der Waals surface area contributed by atoms with Crippen LogP contribution in [-0.2, 0) is 11.3 Å². The molecule has 170 valence electrons. The maximum absolute atomic E-state index is 14.8. The smallest absolute Gasteiger partial charge is 0.410 e. The number of carbonyl (C=O) groups is 1. The van der Waals surface area contributed by atoms with E-state index in [2.05, 4.69) is 5.32 Å². The Labute approximate surface area is 183 Å². The van der Waals surface area contributed by atoms with Gasteiger partial charge in [0.15, 0.2) is 11.6 Å². The number of rotatable bonds is 7. The van der Waals surface area contributed by atoms with Crippen LogP contribution >= 0.6 is 12.4 Å². The van der Waals surface area contributed by atoms with Crippen LogP contribution in [-0.4, -0.2) is 43.3 Å². The summed E-state index contributed by atoms with van der Waals surface area (Å²) in [7, 11) is 0. The van der Waals surface area contributed by atoms with Gasteiger partial charge < -0.3 is 19.7 Å². The summed E-state index contributed by atoms with van der Waals surface area (Å²) in [5, 5.41) is 3.23. The molecule has 1 aliphatic heterocycles. The highest BCUT2D eigenvalue weighted by atomic mass is 35.5. The Kier molecular flexibility index (Phi) is 10.1. The molecule has 3 rings (SSSR count). The highest BCUT2D eigenvalue weighted by molar-refractivity contribution is 5.85. The monoisotopic (exact) mass is 446 g/mol. The minimum absolute atomic E-state index is 0. The van der Waals surface area contributed by atoms with Gasteiger partial charge in [0.05, 0.1) is 12.2 Å². The van der Waals surface area contributed by atoms with E-state index in [-0.39, 0.29) is 29.8 Å². The molecule has 1 saturated heterocycles. The summed E-state index contributed by atoms with van der Waals surface area (Å²) in [6, 6.07) is 2.50. The molecule has 1 aliphatic carbocycles. The van der Waals surface area contributed by atoms with Gasteiger partial charge in [-0.1, -0.05) is 39.0 Å². The Bertz CT molecular complexity index is 687. The van der Waals surface area contributed by atoms with Gasteiger partial charge in [-0.3, -0.25) is 0 Å². The third-order valence-electron chi connectivity index (χ3n) is 6.05. The van der Waals surface area contributed by atoms with E-state index in [9.17, 15) is 13.6 Å². The average molecular weight is 447 g/mol. The van der Waals surface area contributed by atoms with Crippen molar-refractivity contribution in [3.63, 3.8) is 0 Å². The van der Waals surface area contributed by atoms with E-state index in [4.69, 9.17) is 9.47 Å². The van der Waals surface area contributed by atoms with Crippen molar-refractivity contribution in [2.24, 2.45) is 5.92 Å². The molecular weight excluding hydrogens is 414 g/mol. The molecule has 5 nitrogen and oxygen atoms in total. The third-order valence-corrected chi connectivity index (χ3v) is 6.05. The van der Waals surface area contributed by atoms with Gasteiger partial charge in [-0.15, -0.1) is 12.4 Å². The zero-order chi connectivity index (χ0) is 20.6. The van der Waals surface area contributed by atoms with Gasteiger partial charge in [0, 0.05) is 25.7 Å². The van der Waals surface area contributed by atoms with Crippen LogP contribution in [0.3, 0.4) is 0 Å². The fraction of sp³-hybridized carbons (Fsp3) is 0.682. The zero-order valence-electron chi connectivity index (χ0n) is 17.6. The standard InChI is InChI=1S/C22H32F2N2O3.ClH/c1-2-17-14-25-11-12-26(17)22(27)29-15-18-19(23)8-9-20(21(18)24)28-13-10-16-6-4-3-5-7-16;/h8-9,16-17,25H,2-7,10-15H2,1H3;1H. The largest absolute Gasteiger partial charge is 0.490 e. The maximum atomic E-state index is 14.8. The van der Waals surface area contributed by atoms with Crippen LogP contribution in [0, 0.1) is 17.6 Å². The highest BCUT2D eigenvalue weighted by Gasteiger charge is 2.27. The Balaban J connectivity index is 0.00000320. The van der Waals surface area contributed by atoms with E-state index in [1.165, 1.54) is 44.2 Å². The van der Waals surface area contributed by atoms with Gasteiger partial charge in [-0.05, 0) is 30.9 Å². The van der Waals surface area contributed by atoms with Crippen molar-refractivity contribution in [2.75, 3.05) is 26.2 Å². The molecule has 1 saturated carbocycles. The maximum Gasteiger partial charge on any atom is 0.410 e. The molecule has 1 unspecified atom stereocenters. The number of halogens is 3. The number of benzene rings is 1. The van der Waals surface area contributed by atoms with E-state index in [0.29, 0.717) is 32.2 Å². The lowest BCUT2D eigenvalue weighted by Gasteiger charge is -2.34. The quantitative estimate of drug-likeness (QED) is 0.636. The van der Waals surface area contributed by atoms with E-state index in [0.717, 1.165) is 12.8 Å². The van der Waals surface area contributed by atoms with Crippen molar-refractivity contribution in [3.8, 4) is 5.75 Å². The minimum Gasteiger partial charge on any atom is -0.490 e. The number of amides is 1. The Morgan fingerprint density at radius 1 is 1.23 bits per heavy atom. The van der Waals surface area contributed by atoms with Crippen LogP contribution in [0.5, 0.6) is 5.75 Å². The summed E-state index contributed by atoms with van der Waals surface area (Å²) in [6.07, 6.45) is 7.30. The Morgan fingerprint density at radius 3 is 2.73 bits per heavy atom. The Morgan fingerprint density at radius 2 is 2.00 bits per heavy atom. The highest BCUT2D eigenvalue weighted by Crippen LogP contribution is 2.28. The molecule has 1 aromatic carbocycles. The molecule has 8 heteroatoms. The molecule has 1 heterocycles. The summed E-state index contributed by atoms with van der Waals surface area (Å²) in [5.74, 6) is -0.879. The SMILES string of the molecule is CCC1CNCCN1C(=O)OCc1c(F)ccc(OCCC2CCCCC2)c1F.Cl. The first kappa shape index (κ1) is 24.7. The molecular formula is C22H33ClF2N2O3. The molecule has 1 atom stereocenters. The van der Waals surface area contributed by atoms with Gasteiger partial charge in [-0.2, -0.15) is 0 Å². The van der Waals surface area contributed by atoms with Crippen molar-refractivity contribution < 1.29 is 23.0 Å². The number of nitrogens with zero attached hydrogens (tertiary/aromatic N) is 1. The molecule has 1 amide bonds. The van der Waals surface area contributed by atoms with Crippen LogP contribution in [0.4, 0.5) is 13.6 Å². The van der Waals surface area contributed by atoms with Crippen molar-refractivity contribution in [1.82, 2.24) is 10.2 Å². The predicted molar refractivity (Wildman–Crippen MR) is 114 cm³/mol. The van der Waals surface area contributed by atoms with Crippen LogP contribution < -0.4 is 10.1 Å². The Hall–Kier alpha value is -1.60. The van der Waals surface area contributed by atoms with Crippen molar-refractivity contribution >= 4 is 18.5 Å². The lowest BCUT2D eigenvalue weighted by atomic mass is 9.87. The topological polar surface area (TPSA) is 50.8 Å². The fourth-order valence-electron chi connectivity index (χ4n) is 4.21. The van der Waals surface area contributed by atoms with Gasteiger partial charge in [-0.25, -0.2) is 13.6 Å². The van der Waals surface area contributed by atoms with Gasteiger partial charge in [0.2, 0.25) is 0 Å². The van der Waals surface area contributed by atoms with Gasteiger partial charge in [0.1, 0.15) is 12.4 Å². The molecule has 1 N–H and O–H groups in total. The normalized spacial score (nSPS) is 19.8. The molecule has 2 aliphatic rings. The van der Waals surface area contributed by atoms with E-state index in [1.54, 1.807) is 4.90 Å². The van der Waals surface area contributed by atoms with Crippen LogP contribution in [0.15, 0.2) is 12.1 Å². The van der Waals surface area contributed by atoms with E-state index in [1.807, 2.05) is 6.92 Å². The number of ether oxygens (including phenoxy) is 2. The number of nitrogens with one attached hydrogen (secondary N) is 1.